The second kappa shape index (κ2) is 7.45. The minimum absolute atomic E-state index is 1.68. The third-order valence-electron chi connectivity index (χ3n) is 3.91. The van der Waals surface area contributed by atoms with Crippen molar-refractivity contribution in [2.24, 2.45) is 0 Å². The second-order valence-corrected chi connectivity index (χ2v) is 5.60. The van der Waals surface area contributed by atoms with E-state index in [1.54, 1.807) is 0 Å². The molecule has 10 unspecified atom stereocenters. The summed E-state index contributed by atoms with van der Waals surface area (Å²) in [5.41, 5.74) is 0. The molecule has 0 aromatic carbocycles. The van der Waals surface area contributed by atoms with E-state index in [1.165, 1.54) is 0 Å². The number of aliphatic carboxylic acids is 2. The fraction of sp³-hybridized carbons (Fsp3) is 0.833. The van der Waals surface area contributed by atoms with Crippen LogP contribution in [0, 0.1) is 0 Å². The molecule has 2 saturated heterocycles. The molecule has 2 aliphatic heterocycles. The molecular formula is C12H18O13. The second-order valence-electron chi connectivity index (χ2n) is 5.60. The van der Waals surface area contributed by atoms with E-state index in [2.05, 4.69) is 4.74 Å². The molecule has 2 aliphatic rings. The topological polar surface area (TPSA) is 224 Å². The van der Waals surface area contributed by atoms with Gasteiger partial charge in [-0.15, -0.1) is 0 Å². The number of hydrogen-bond acceptors (Lipinski definition) is 11. The van der Waals surface area contributed by atoms with Crippen molar-refractivity contribution in [3.63, 3.8) is 0 Å². The van der Waals surface area contributed by atoms with Gasteiger partial charge in [0.05, 0.1) is 0 Å². The maximum Gasteiger partial charge on any atom is 0.335 e. The molecule has 2 rings (SSSR count). The Labute approximate surface area is 139 Å². The fourth-order valence-electron chi connectivity index (χ4n) is 2.53. The van der Waals surface area contributed by atoms with Gasteiger partial charge in [-0.25, -0.2) is 9.59 Å². The van der Waals surface area contributed by atoms with Crippen LogP contribution in [0.5, 0.6) is 0 Å². The highest BCUT2D eigenvalue weighted by Crippen LogP contribution is 2.28. The largest absolute Gasteiger partial charge is 0.479 e. The Morgan fingerprint density at radius 3 is 1.72 bits per heavy atom. The van der Waals surface area contributed by atoms with E-state index in [4.69, 9.17) is 19.7 Å². The van der Waals surface area contributed by atoms with Crippen LogP contribution in [0.1, 0.15) is 0 Å². The Hall–Kier alpha value is -1.42. The van der Waals surface area contributed by atoms with Crippen LogP contribution in [0.15, 0.2) is 0 Å². The van der Waals surface area contributed by atoms with Crippen molar-refractivity contribution in [1.82, 2.24) is 0 Å². The van der Waals surface area contributed by atoms with Crippen molar-refractivity contribution in [1.29, 1.82) is 0 Å². The van der Waals surface area contributed by atoms with Gasteiger partial charge in [0.15, 0.2) is 24.8 Å². The third-order valence-corrected chi connectivity index (χ3v) is 3.91. The van der Waals surface area contributed by atoms with Gasteiger partial charge in [0.2, 0.25) is 0 Å². The Bertz CT molecular complexity index is 511. The van der Waals surface area contributed by atoms with E-state index < -0.39 is 73.4 Å². The van der Waals surface area contributed by atoms with E-state index in [0.29, 0.717) is 0 Å². The van der Waals surface area contributed by atoms with Gasteiger partial charge in [-0.2, -0.15) is 0 Å². The molecule has 0 saturated carbocycles. The predicted molar refractivity (Wildman–Crippen MR) is 69.7 cm³/mol. The first kappa shape index (κ1) is 19.9. The molecule has 0 aromatic rings. The van der Waals surface area contributed by atoms with Crippen LogP contribution < -0.4 is 0 Å². The first-order chi connectivity index (χ1) is 11.6. The Kier molecular flexibility index (Phi) is 5.93. The molecule has 10 atom stereocenters. The van der Waals surface area contributed by atoms with Crippen LogP contribution in [0.4, 0.5) is 0 Å². The van der Waals surface area contributed by atoms with Crippen LogP contribution in [0.25, 0.3) is 0 Å². The van der Waals surface area contributed by atoms with Crippen LogP contribution in [-0.2, 0) is 23.8 Å². The number of carboxylic acids is 2. The lowest BCUT2D eigenvalue weighted by Gasteiger charge is -2.44. The summed E-state index contributed by atoms with van der Waals surface area (Å²) in [6.45, 7) is 0. The highest BCUT2D eigenvalue weighted by molar-refractivity contribution is 5.73. The maximum atomic E-state index is 11.0. The van der Waals surface area contributed by atoms with Crippen molar-refractivity contribution in [2.75, 3.05) is 0 Å². The zero-order valence-corrected chi connectivity index (χ0v) is 12.4. The molecular weight excluding hydrogens is 352 g/mol. The molecule has 144 valence electrons. The molecule has 8 N–H and O–H groups in total. The maximum absolute atomic E-state index is 11.0. The minimum Gasteiger partial charge on any atom is -0.479 e. The molecule has 2 fully saturated rings. The van der Waals surface area contributed by atoms with Crippen LogP contribution in [0.2, 0.25) is 0 Å². The number of rotatable bonds is 4. The molecule has 0 aromatic heterocycles. The standard InChI is InChI=1S/C12H18O13/c13-1-2(14)7(9(18)19)25-12(3(1)15)24-6-4(16)8(10(20)21)23-11(22)5(6)17/h1-8,11-17,22H,(H,18,19)(H,20,21). The van der Waals surface area contributed by atoms with E-state index in [0.717, 1.165) is 0 Å². The van der Waals surface area contributed by atoms with Gasteiger partial charge in [0.1, 0.15) is 36.6 Å². The summed E-state index contributed by atoms with van der Waals surface area (Å²) in [4.78, 5) is 22.0. The van der Waals surface area contributed by atoms with Crippen molar-refractivity contribution in [3.05, 3.63) is 0 Å². The number of aliphatic hydroxyl groups excluding tert-OH is 6. The van der Waals surface area contributed by atoms with Gasteiger partial charge in [0.25, 0.3) is 0 Å². The monoisotopic (exact) mass is 370 g/mol. The molecule has 25 heavy (non-hydrogen) atoms. The normalized spacial score (nSPS) is 48.1. The van der Waals surface area contributed by atoms with Gasteiger partial charge in [-0.1, -0.05) is 0 Å². The van der Waals surface area contributed by atoms with E-state index in [9.17, 15) is 40.2 Å². The number of ether oxygens (including phenoxy) is 3. The number of hydrogen-bond donors (Lipinski definition) is 8. The van der Waals surface area contributed by atoms with Crippen molar-refractivity contribution in [3.8, 4) is 0 Å². The summed E-state index contributed by atoms with van der Waals surface area (Å²) < 4.78 is 14.3. The van der Waals surface area contributed by atoms with Crippen molar-refractivity contribution >= 4 is 11.9 Å². The lowest BCUT2D eigenvalue weighted by molar-refractivity contribution is -0.348. The zero-order chi connectivity index (χ0) is 19.0. The van der Waals surface area contributed by atoms with Crippen LogP contribution >= 0.6 is 0 Å². The first-order valence-corrected chi connectivity index (χ1v) is 7.06. The van der Waals surface area contributed by atoms with Gasteiger partial charge >= 0.3 is 11.9 Å². The van der Waals surface area contributed by atoms with Gasteiger partial charge in [-0.3, -0.25) is 0 Å². The average molecular weight is 370 g/mol. The highest BCUT2D eigenvalue weighted by Gasteiger charge is 2.53. The Morgan fingerprint density at radius 1 is 0.680 bits per heavy atom. The number of carbonyl (C=O) groups is 2. The molecule has 0 spiro atoms. The summed E-state index contributed by atoms with van der Waals surface area (Å²) >= 11 is 0. The van der Waals surface area contributed by atoms with Crippen LogP contribution in [0.3, 0.4) is 0 Å². The lowest BCUT2D eigenvalue weighted by atomic mass is 9.96. The summed E-state index contributed by atoms with van der Waals surface area (Å²) in [5, 5.41) is 76.1. The smallest absolute Gasteiger partial charge is 0.335 e. The Morgan fingerprint density at radius 2 is 1.20 bits per heavy atom. The summed E-state index contributed by atoms with van der Waals surface area (Å²) in [6.07, 6.45) is -19.9. The lowest BCUT2D eigenvalue weighted by Crippen LogP contribution is -2.65. The molecule has 0 aliphatic carbocycles. The summed E-state index contributed by atoms with van der Waals surface area (Å²) in [7, 11) is 0. The SMILES string of the molecule is O=C(O)C1OC(OC2C(O)C(O)OC(C(=O)O)C2O)C(O)C(O)C1O. The average Bonchev–Trinajstić information content (AvgIpc) is 2.54. The minimum atomic E-state index is -2.07. The molecule has 13 nitrogen and oxygen atoms in total. The fourth-order valence-corrected chi connectivity index (χ4v) is 2.53. The molecule has 2 heterocycles. The van der Waals surface area contributed by atoms with Crippen molar-refractivity contribution < 1.29 is 64.7 Å². The zero-order valence-electron chi connectivity index (χ0n) is 12.4. The van der Waals surface area contributed by atoms with Gasteiger partial charge in [0, 0.05) is 0 Å². The highest BCUT2D eigenvalue weighted by atomic mass is 16.7. The third kappa shape index (κ3) is 3.74. The molecule has 13 heteroatoms. The van der Waals surface area contributed by atoms with E-state index >= 15 is 0 Å². The number of carboxylic acid groups (broad SMARTS) is 2. The first-order valence-electron chi connectivity index (χ1n) is 7.06. The van der Waals surface area contributed by atoms with E-state index in [1.807, 2.05) is 0 Å². The summed E-state index contributed by atoms with van der Waals surface area (Å²) in [5.74, 6) is -3.38. The number of aliphatic hydroxyl groups is 6. The van der Waals surface area contributed by atoms with Gasteiger partial charge < -0.3 is 55.1 Å². The summed E-state index contributed by atoms with van der Waals surface area (Å²) in [6, 6.07) is 0. The molecule has 0 radical (unpaired) electrons. The van der Waals surface area contributed by atoms with Crippen LogP contribution in [-0.4, -0.2) is 114 Å². The predicted octanol–water partition coefficient (Wildman–Crippen LogP) is -5.21. The molecule has 0 amide bonds. The molecule has 0 bridgehead atoms. The van der Waals surface area contributed by atoms with Crippen molar-refractivity contribution in [2.45, 2.75) is 61.4 Å². The quantitative estimate of drug-likeness (QED) is 0.232. The van der Waals surface area contributed by atoms with E-state index in [-0.39, 0.29) is 0 Å². The van der Waals surface area contributed by atoms with Gasteiger partial charge in [-0.05, 0) is 0 Å². The Balaban J connectivity index is 2.20.